The average molecular weight is 553 g/mol. The van der Waals surface area contributed by atoms with Crippen LogP contribution in [0, 0.1) is 11.8 Å². The van der Waals surface area contributed by atoms with Gasteiger partial charge in [-0.2, -0.15) is 4.39 Å². The van der Waals surface area contributed by atoms with E-state index in [1.165, 1.54) is 30.0 Å². The topological polar surface area (TPSA) is 48.5 Å². The fourth-order valence-corrected chi connectivity index (χ4v) is 5.51. The second-order valence-electron chi connectivity index (χ2n) is 9.43. The highest BCUT2D eigenvalue weighted by atomic mass is 79.9. The van der Waals surface area contributed by atoms with Crippen LogP contribution in [0.4, 0.5) is 19.3 Å². The molecule has 3 aromatic rings. The second-order valence-corrected chi connectivity index (χ2v) is 10.3. The summed E-state index contributed by atoms with van der Waals surface area (Å²) in [6, 6.07) is 15.4. The Morgan fingerprint density at radius 1 is 1.08 bits per heavy atom. The summed E-state index contributed by atoms with van der Waals surface area (Å²) < 4.78 is 27.5. The lowest BCUT2D eigenvalue weighted by atomic mass is 9.74. The molecule has 0 aliphatic carbocycles. The van der Waals surface area contributed by atoms with Crippen molar-refractivity contribution in [2.75, 3.05) is 31.1 Å². The first kappa shape index (κ1) is 24.6. The van der Waals surface area contributed by atoms with Gasteiger partial charge in [0.25, 0.3) is 0 Å². The number of amides is 2. The molecule has 1 fully saturated rings. The van der Waals surface area contributed by atoms with Crippen LogP contribution in [0.2, 0.25) is 0 Å². The highest BCUT2D eigenvalue weighted by Crippen LogP contribution is 2.48. The first-order valence-corrected chi connectivity index (χ1v) is 12.8. The summed E-state index contributed by atoms with van der Waals surface area (Å²) in [6.45, 7) is 3.53. The third kappa shape index (κ3) is 5.34. The number of hydrogen-bond acceptors (Lipinski definition) is 3. The van der Waals surface area contributed by atoms with Gasteiger partial charge in [-0.1, -0.05) is 40.2 Å². The van der Waals surface area contributed by atoms with Gasteiger partial charge in [-0.25, -0.2) is 14.2 Å². The van der Waals surface area contributed by atoms with Gasteiger partial charge in [0, 0.05) is 41.4 Å². The minimum Gasteiger partial charge on any atom is -0.334 e. The number of fused-ring (bicyclic) bond motifs is 2. The standard InChI is InChI=1S/C28H27BrF2N4O/c29-22-5-8-25-24(17-22)28(19-35(25)27(36)33-18-21-9-12-32-26(31)16-21)10-14-34(15-11-28)13-1-2-20-3-6-23(30)7-4-20/h1-9,12,16-17H,10-11,13-15,18-19H2,(H,33,36). The molecule has 0 atom stereocenters. The van der Waals surface area contributed by atoms with Crippen LogP contribution < -0.4 is 10.2 Å². The number of hydrogen-bond donors (Lipinski definition) is 1. The van der Waals surface area contributed by atoms with Crippen LogP contribution in [0.1, 0.15) is 29.5 Å². The lowest BCUT2D eigenvalue weighted by molar-refractivity contribution is 0.180. The average Bonchev–Trinajstić information content (AvgIpc) is 3.18. The summed E-state index contributed by atoms with van der Waals surface area (Å²) in [6.07, 6.45) is 7.43. The number of halogens is 3. The van der Waals surface area contributed by atoms with E-state index >= 15 is 0 Å². The quantitative estimate of drug-likeness (QED) is 0.401. The Balaban J connectivity index is 1.24. The van der Waals surface area contributed by atoms with Crippen molar-refractivity contribution in [1.82, 2.24) is 15.2 Å². The van der Waals surface area contributed by atoms with E-state index in [0.29, 0.717) is 12.1 Å². The van der Waals surface area contributed by atoms with E-state index < -0.39 is 5.95 Å². The summed E-state index contributed by atoms with van der Waals surface area (Å²) in [5, 5.41) is 2.94. The normalized spacial score (nSPS) is 17.0. The zero-order chi connectivity index (χ0) is 25.1. The number of carbonyl (C=O) groups is 1. The highest BCUT2D eigenvalue weighted by Gasteiger charge is 2.46. The first-order chi connectivity index (χ1) is 17.4. The van der Waals surface area contributed by atoms with E-state index in [4.69, 9.17) is 0 Å². The van der Waals surface area contributed by atoms with Crippen molar-refractivity contribution >= 4 is 33.7 Å². The van der Waals surface area contributed by atoms with Crippen molar-refractivity contribution < 1.29 is 13.6 Å². The molecule has 5 nitrogen and oxygen atoms in total. The van der Waals surface area contributed by atoms with Gasteiger partial charge in [0.1, 0.15) is 5.82 Å². The number of nitrogens with one attached hydrogen (secondary N) is 1. The van der Waals surface area contributed by atoms with Crippen LogP contribution in [-0.2, 0) is 12.0 Å². The van der Waals surface area contributed by atoms with Crippen molar-refractivity contribution in [1.29, 1.82) is 0 Å². The summed E-state index contributed by atoms with van der Waals surface area (Å²) >= 11 is 3.61. The van der Waals surface area contributed by atoms with Crippen LogP contribution >= 0.6 is 15.9 Å². The number of pyridine rings is 1. The molecule has 0 saturated carbocycles. The third-order valence-electron chi connectivity index (χ3n) is 7.12. The Morgan fingerprint density at radius 2 is 1.86 bits per heavy atom. The molecule has 2 aromatic carbocycles. The van der Waals surface area contributed by atoms with E-state index in [0.717, 1.165) is 48.2 Å². The van der Waals surface area contributed by atoms with Crippen molar-refractivity contribution in [2.45, 2.75) is 24.8 Å². The van der Waals surface area contributed by atoms with Crippen LogP contribution in [0.3, 0.4) is 0 Å². The molecule has 5 rings (SSSR count). The Bertz CT molecular complexity index is 1270. The third-order valence-corrected chi connectivity index (χ3v) is 7.61. The number of carbonyl (C=O) groups excluding carboxylic acids is 1. The summed E-state index contributed by atoms with van der Waals surface area (Å²) in [5.74, 6) is -0.790. The van der Waals surface area contributed by atoms with Crippen LogP contribution in [0.15, 0.2) is 71.3 Å². The number of benzene rings is 2. The monoisotopic (exact) mass is 552 g/mol. The van der Waals surface area contributed by atoms with E-state index in [9.17, 15) is 13.6 Å². The number of piperidine rings is 1. The Labute approximate surface area is 218 Å². The zero-order valence-corrected chi connectivity index (χ0v) is 21.3. The number of aromatic nitrogens is 1. The Hall–Kier alpha value is -3.10. The summed E-state index contributed by atoms with van der Waals surface area (Å²) in [4.78, 5) is 21.0. The minimum absolute atomic E-state index is 0.101. The largest absolute Gasteiger partial charge is 0.334 e. The van der Waals surface area contributed by atoms with Crippen LogP contribution in [-0.4, -0.2) is 42.1 Å². The fourth-order valence-electron chi connectivity index (χ4n) is 5.15. The Morgan fingerprint density at radius 3 is 2.61 bits per heavy atom. The predicted octanol–water partition coefficient (Wildman–Crippen LogP) is 5.90. The van der Waals surface area contributed by atoms with E-state index in [1.54, 1.807) is 18.2 Å². The Kier molecular flexibility index (Phi) is 7.16. The van der Waals surface area contributed by atoms with Gasteiger partial charge < -0.3 is 5.32 Å². The maximum atomic E-state index is 13.4. The van der Waals surface area contributed by atoms with Gasteiger partial charge in [0.15, 0.2) is 0 Å². The molecular formula is C28H27BrF2N4O. The molecule has 8 heteroatoms. The summed E-state index contributed by atoms with van der Waals surface area (Å²) in [5.41, 5.74) is 3.68. The molecule has 0 unspecified atom stereocenters. The molecule has 3 heterocycles. The molecule has 2 aliphatic rings. The predicted molar refractivity (Wildman–Crippen MR) is 141 cm³/mol. The smallest absolute Gasteiger partial charge is 0.322 e. The van der Waals surface area contributed by atoms with Crippen molar-refractivity contribution in [3.8, 4) is 0 Å². The molecule has 1 aromatic heterocycles. The maximum Gasteiger partial charge on any atom is 0.322 e. The number of likely N-dealkylation sites (tertiary alicyclic amines) is 1. The SMILES string of the molecule is O=C(NCc1ccnc(F)c1)N1CC2(CCN(CC=Cc3ccc(F)cc3)CC2)c2cc(Br)ccc21. The molecule has 2 aliphatic heterocycles. The molecule has 0 bridgehead atoms. The number of rotatable bonds is 5. The van der Waals surface area contributed by atoms with Crippen molar-refractivity contribution in [3.05, 3.63) is 99.8 Å². The van der Waals surface area contributed by atoms with Crippen LogP contribution in [0.5, 0.6) is 0 Å². The minimum atomic E-state index is -0.559. The molecule has 1 saturated heterocycles. The van der Waals surface area contributed by atoms with Gasteiger partial charge in [-0.3, -0.25) is 9.80 Å². The van der Waals surface area contributed by atoms with Crippen molar-refractivity contribution in [3.63, 3.8) is 0 Å². The molecule has 1 spiro atoms. The maximum absolute atomic E-state index is 13.4. The summed E-state index contributed by atoms with van der Waals surface area (Å²) in [7, 11) is 0. The second kappa shape index (κ2) is 10.5. The van der Waals surface area contributed by atoms with E-state index in [2.05, 4.69) is 43.3 Å². The van der Waals surface area contributed by atoms with Gasteiger partial charge in [0.05, 0.1) is 0 Å². The molecule has 186 valence electrons. The van der Waals surface area contributed by atoms with Gasteiger partial charge in [0.2, 0.25) is 5.95 Å². The molecule has 2 amide bonds. The molecule has 1 N–H and O–H groups in total. The van der Waals surface area contributed by atoms with Gasteiger partial charge >= 0.3 is 6.03 Å². The van der Waals surface area contributed by atoms with Crippen LogP contribution in [0.25, 0.3) is 6.08 Å². The first-order valence-electron chi connectivity index (χ1n) is 12.0. The van der Waals surface area contributed by atoms with E-state index in [-0.39, 0.29) is 23.8 Å². The molecule has 36 heavy (non-hydrogen) atoms. The highest BCUT2D eigenvalue weighted by molar-refractivity contribution is 9.10. The van der Waals surface area contributed by atoms with Gasteiger partial charge in [-0.15, -0.1) is 0 Å². The number of nitrogens with zero attached hydrogens (tertiary/aromatic N) is 3. The van der Waals surface area contributed by atoms with Gasteiger partial charge in [-0.05, 0) is 85.1 Å². The number of anilines is 1. The molecular weight excluding hydrogens is 526 g/mol. The zero-order valence-electron chi connectivity index (χ0n) is 19.8. The lowest BCUT2D eigenvalue weighted by Crippen LogP contribution is -2.47. The molecule has 0 radical (unpaired) electrons. The van der Waals surface area contributed by atoms with E-state index in [1.807, 2.05) is 23.1 Å². The number of urea groups is 1. The lowest BCUT2D eigenvalue weighted by Gasteiger charge is -2.39. The fraction of sp³-hybridized carbons (Fsp3) is 0.286. The van der Waals surface area contributed by atoms with Crippen molar-refractivity contribution in [2.24, 2.45) is 0 Å².